The van der Waals surface area contributed by atoms with Gasteiger partial charge in [0.15, 0.2) is 0 Å². The van der Waals surface area contributed by atoms with E-state index in [-0.39, 0.29) is 17.1 Å². The predicted octanol–water partition coefficient (Wildman–Crippen LogP) is 3.93. The summed E-state index contributed by atoms with van der Waals surface area (Å²) in [6.45, 7) is 15.4. The molecular formula is C14H22O. The first kappa shape index (κ1) is 13.9. The van der Waals surface area contributed by atoms with Crippen LogP contribution in [0.3, 0.4) is 0 Å². The molecule has 0 aromatic heterocycles. The molecule has 0 heterocycles. The van der Waals surface area contributed by atoms with Gasteiger partial charge in [0.25, 0.3) is 0 Å². The molecule has 0 fully saturated rings. The van der Waals surface area contributed by atoms with Crippen molar-refractivity contribution >= 4 is 5.78 Å². The van der Waals surface area contributed by atoms with Crippen molar-refractivity contribution in [3.8, 4) is 0 Å². The van der Waals surface area contributed by atoms with Crippen LogP contribution < -0.4 is 0 Å². The molecule has 0 aliphatic carbocycles. The number of hydrogen-bond acceptors (Lipinski definition) is 1. The second kappa shape index (κ2) is 5.69. The summed E-state index contributed by atoms with van der Waals surface area (Å²) in [5.74, 6) is 0.385. The third-order valence-electron chi connectivity index (χ3n) is 2.56. The van der Waals surface area contributed by atoms with Crippen LogP contribution >= 0.6 is 0 Å². The van der Waals surface area contributed by atoms with Crippen LogP contribution in [-0.2, 0) is 4.79 Å². The highest BCUT2D eigenvalue weighted by molar-refractivity contribution is 5.81. The average Bonchev–Trinajstić information content (AvgIpc) is 2.12. The summed E-state index contributed by atoms with van der Waals surface area (Å²) in [6.07, 6.45) is 6.00. The molecule has 0 amide bonds. The van der Waals surface area contributed by atoms with Crippen molar-refractivity contribution in [3.05, 3.63) is 37.0 Å². The first-order valence-corrected chi connectivity index (χ1v) is 5.33. The maximum absolute atomic E-state index is 11.7. The number of carbonyl (C=O) groups excluding carboxylic acids is 1. The maximum Gasteiger partial charge on any atom is 0.136 e. The first-order valence-electron chi connectivity index (χ1n) is 5.33. The molecule has 0 aromatic carbocycles. The van der Waals surface area contributed by atoms with Gasteiger partial charge in [-0.1, -0.05) is 59.1 Å². The van der Waals surface area contributed by atoms with Gasteiger partial charge < -0.3 is 0 Å². The Bertz CT molecular complexity index is 280. The Morgan fingerprint density at radius 3 is 2.20 bits per heavy atom. The number of Topliss-reactive ketones (excluding diaryl/α,β-unsaturated/α-hetero) is 1. The fraction of sp³-hybridized carbons (Fsp3) is 0.500. The van der Waals surface area contributed by atoms with Gasteiger partial charge in [-0.15, -0.1) is 0 Å². The van der Waals surface area contributed by atoms with Gasteiger partial charge in [-0.25, -0.2) is 0 Å². The number of allylic oxidation sites excluding steroid dienone is 4. The van der Waals surface area contributed by atoms with Crippen molar-refractivity contribution in [2.45, 2.75) is 34.1 Å². The Labute approximate surface area is 93.6 Å². The minimum Gasteiger partial charge on any atom is -0.299 e. The van der Waals surface area contributed by atoms with Gasteiger partial charge in [-0.05, 0) is 11.0 Å². The third-order valence-corrected chi connectivity index (χ3v) is 2.56. The normalized spacial score (nSPS) is 12.7. The summed E-state index contributed by atoms with van der Waals surface area (Å²) in [7, 11) is 0. The minimum atomic E-state index is -0.155. The van der Waals surface area contributed by atoms with E-state index < -0.39 is 0 Å². The quantitative estimate of drug-likeness (QED) is 0.602. The highest BCUT2D eigenvalue weighted by Gasteiger charge is 2.25. The number of carbonyl (C=O) groups is 1. The zero-order chi connectivity index (χ0) is 12.1. The molecule has 0 radical (unpaired) electrons. The van der Waals surface area contributed by atoms with E-state index in [2.05, 4.69) is 27.0 Å². The Balaban J connectivity index is 4.80. The molecular weight excluding hydrogens is 184 g/mol. The summed E-state index contributed by atoms with van der Waals surface area (Å²) in [6, 6.07) is 0. The molecule has 0 aliphatic rings. The SMILES string of the molecule is C=C/C=C(\C=C)C(C)(C)CC(=O)C(C)C. The lowest BCUT2D eigenvalue weighted by atomic mass is 9.78. The zero-order valence-corrected chi connectivity index (χ0v) is 10.3. The van der Waals surface area contributed by atoms with Crippen molar-refractivity contribution in [1.29, 1.82) is 0 Å². The van der Waals surface area contributed by atoms with E-state index in [4.69, 9.17) is 0 Å². The summed E-state index contributed by atoms with van der Waals surface area (Å²) >= 11 is 0. The Hall–Kier alpha value is -1.11. The summed E-state index contributed by atoms with van der Waals surface area (Å²) < 4.78 is 0. The van der Waals surface area contributed by atoms with E-state index in [0.29, 0.717) is 6.42 Å². The third kappa shape index (κ3) is 4.28. The molecule has 0 saturated carbocycles. The summed E-state index contributed by atoms with van der Waals surface area (Å²) in [5, 5.41) is 0. The predicted molar refractivity (Wildman–Crippen MR) is 66.7 cm³/mol. The average molecular weight is 206 g/mol. The second-order valence-electron chi connectivity index (χ2n) is 4.74. The van der Waals surface area contributed by atoms with Gasteiger partial charge in [-0.2, -0.15) is 0 Å². The molecule has 0 aliphatic heterocycles. The van der Waals surface area contributed by atoms with Crippen LogP contribution in [0.5, 0.6) is 0 Å². The lowest BCUT2D eigenvalue weighted by molar-refractivity contribution is -0.123. The monoisotopic (exact) mass is 206 g/mol. The van der Waals surface area contributed by atoms with E-state index in [9.17, 15) is 4.79 Å². The number of hydrogen-bond donors (Lipinski definition) is 0. The summed E-state index contributed by atoms with van der Waals surface area (Å²) in [4.78, 5) is 11.7. The van der Waals surface area contributed by atoms with E-state index in [1.54, 1.807) is 12.2 Å². The highest BCUT2D eigenvalue weighted by Crippen LogP contribution is 2.32. The number of ketones is 1. The van der Waals surface area contributed by atoms with Crippen LogP contribution in [0.2, 0.25) is 0 Å². The minimum absolute atomic E-state index is 0.0964. The molecule has 15 heavy (non-hydrogen) atoms. The van der Waals surface area contributed by atoms with Crippen LogP contribution in [-0.4, -0.2) is 5.78 Å². The van der Waals surface area contributed by atoms with E-state index in [1.807, 2.05) is 19.9 Å². The molecule has 0 saturated heterocycles. The van der Waals surface area contributed by atoms with Crippen LogP contribution in [0, 0.1) is 11.3 Å². The molecule has 0 N–H and O–H groups in total. The van der Waals surface area contributed by atoms with Crippen LogP contribution in [0.25, 0.3) is 0 Å². The topological polar surface area (TPSA) is 17.1 Å². The molecule has 0 spiro atoms. The summed E-state index contributed by atoms with van der Waals surface area (Å²) in [5.41, 5.74) is 0.906. The van der Waals surface area contributed by atoms with Crippen LogP contribution in [0.15, 0.2) is 37.0 Å². The van der Waals surface area contributed by atoms with Gasteiger partial charge >= 0.3 is 0 Å². The van der Waals surface area contributed by atoms with Gasteiger partial charge in [0.1, 0.15) is 5.78 Å². The van der Waals surface area contributed by atoms with Crippen LogP contribution in [0.4, 0.5) is 0 Å². The Kier molecular flexibility index (Phi) is 5.27. The lowest BCUT2D eigenvalue weighted by Crippen LogP contribution is -2.21. The van der Waals surface area contributed by atoms with Gasteiger partial charge in [0, 0.05) is 12.3 Å². The Morgan fingerprint density at radius 2 is 1.87 bits per heavy atom. The highest BCUT2D eigenvalue weighted by atomic mass is 16.1. The molecule has 0 rings (SSSR count). The van der Waals surface area contributed by atoms with E-state index in [0.717, 1.165) is 5.57 Å². The van der Waals surface area contributed by atoms with Crippen LogP contribution in [0.1, 0.15) is 34.1 Å². The lowest BCUT2D eigenvalue weighted by Gasteiger charge is -2.26. The maximum atomic E-state index is 11.7. The van der Waals surface area contributed by atoms with Gasteiger partial charge in [0.05, 0.1) is 0 Å². The Morgan fingerprint density at radius 1 is 1.33 bits per heavy atom. The first-order chi connectivity index (χ1) is 6.85. The van der Waals surface area contributed by atoms with Crippen molar-refractivity contribution < 1.29 is 4.79 Å². The molecule has 1 heteroatoms. The fourth-order valence-electron chi connectivity index (χ4n) is 1.44. The molecule has 0 unspecified atom stereocenters. The van der Waals surface area contributed by atoms with Gasteiger partial charge in [0.2, 0.25) is 0 Å². The standard InChI is InChI=1S/C14H22O/c1-7-9-12(8-2)14(5,6)10-13(15)11(3)4/h7-9,11H,1-2,10H2,3-6H3/b12-9+. The molecule has 0 bridgehead atoms. The fourth-order valence-corrected chi connectivity index (χ4v) is 1.44. The van der Waals surface area contributed by atoms with Crippen molar-refractivity contribution in [3.63, 3.8) is 0 Å². The van der Waals surface area contributed by atoms with E-state index in [1.165, 1.54) is 0 Å². The molecule has 0 atom stereocenters. The largest absolute Gasteiger partial charge is 0.299 e. The second-order valence-corrected chi connectivity index (χ2v) is 4.74. The van der Waals surface area contributed by atoms with Crippen molar-refractivity contribution in [1.82, 2.24) is 0 Å². The van der Waals surface area contributed by atoms with Crippen molar-refractivity contribution in [2.75, 3.05) is 0 Å². The van der Waals surface area contributed by atoms with Gasteiger partial charge in [-0.3, -0.25) is 4.79 Å². The molecule has 84 valence electrons. The smallest absolute Gasteiger partial charge is 0.136 e. The molecule has 1 nitrogen and oxygen atoms in total. The number of rotatable bonds is 6. The molecule has 0 aromatic rings. The van der Waals surface area contributed by atoms with Crippen molar-refractivity contribution in [2.24, 2.45) is 11.3 Å². The van der Waals surface area contributed by atoms with E-state index >= 15 is 0 Å². The zero-order valence-electron chi connectivity index (χ0n) is 10.3.